The van der Waals surface area contributed by atoms with Gasteiger partial charge in [0.25, 0.3) is 6.71 Å². The summed E-state index contributed by atoms with van der Waals surface area (Å²) in [5.41, 5.74) is 25.3. The summed E-state index contributed by atoms with van der Waals surface area (Å²) in [6.07, 6.45) is 0. The van der Waals surface area contributed by atoms with Gasteiger partial charge < -0.3 is 18.9 Å². The maximum Gasteiger partial charge on any atom is 0.252 e. The minimum atomic E-state index is -0.739. The molecule has 0 radical (unpaired) electrons. The average molecular weight is 1620 g/mol. The van der Waals surface area contributed by atoms with Crippen LogP contribution in [0.3, 0.4) is 0 Å². The first-order valence-corrected chi connectivity index (χ1v) is 43.2. The molecule has 17 aromatic rings. The zero-order valence-corrected chi connectivity index (χ0v) is 74.7. The maximum absolute atomic E-state index is 10.0. The molecule has 0 aliphatic carbocycles. The van der Waals surface area contributed by atoms with Gasteiger partial charge in [-0.05, 0) is 270 Å². The molecule has 4 heterocycles. The Morgan fingerprint density at radius 2 is 0.488 bits per heavy atom. The molecule has 0 fully saturated rings. The van der Waals surface area contributed by atoms with Gasteiger partial charge in [0.15, 0.2) is 0 Å². The van der Waals surface area contributed by atoms with Gasteiger partial charge in [0.2, 0.25) is 0 Å². The van der Waals surface area contributed by atoms with Crippen LogP contribution < -0.4 is 26.2 Å². The topological polar surface area (TPSA) is 16.3 Å². The van der Waals surface area contributed by atoms with Crippen LogP contribution in [0.15, 0.2) is 315 Å². The van der Waals surface area contributed by atoms with Crippen LogP contribution in [0.5, 0.6) is 0 Å². The summed E-state index contributed by atoms with van der Waals surface area (Å²) < 4.78 is 147. The van der Waals surface area contributed by atoms with Gasteiger partial charge in [0, 0.05) is 66.8 Å². The molecule has 0 saturated carbocycles. The smallest absolute Gasteiger partial charge is 0.252 e. The highest BCUT2D eigenvalue weighted by molar-refractivity contribution is 7.00. The first-order valence-electron chi connectivity index (χ1n) is 50.7. The Balaban J connectivity index is 0.991. The number of para-hydroxylation sites is 4. The summed E-state index contributed by atoms with van der Waals surface area (Å²) in [5, 5.41) is 0.0220. The summed E-state index contributed by atoms with van der Waals surface area (Å²) in [6.45, 7) is 46.0. The lowest BCUT2D eigenvalue weighted by Gasteiger charge is -2.46. The predicted molar refractivity (Wildman–Crippen MR) is 533 cm³/mol. The van der Waals surface area contributed by atoms with Gasteiger partial charge in [-0.15, -0.1) is 0 Å². The second-order valence-electron chi connectivity index (χ2n) is 41.3. The molecular weight excluding hydrogens is 1480 g/mol. The van der Waals surface area contributed by atoms with Crippen molar-refractivity contribution in [2.24, 2.45) is 0 Å². The molecule has 5 heteroatoms. The number of hydrogen-bond donors (Lipinski definition) is 0. The van der Waals surface area contributed by atoms with E-state index in [1.807, 2.05) is 18.2 Å². The number of nitrogens with zero attached hydrogens (tertiary/aromatic N) is 4. The molecule has 0 bridgehead atoms. The Hall–Kier alpha value is -12.4. The lowest BCUT2D eigenvalue weighted by atomic mass is 9.33. The monoisotopic (exact) mass is 1610 g/mol. The van der Waals surface area contributed by atoms with Crippen LogP contribution in [0.4, 0.5) is 34.1 Å². The van der Waals surface area contributed by atoms with Crippen LogP contribution in [0.25, 0.3) is 122 Å². The van der Waals surface area contributed by atoms with Gasteiger partial charge in [-0.3, -0.25) is 0 Å². The van der Waals surface area contributed by atoms with Crippen LogP contribution in [0.2, 0.25) is 0 Å². The van der Waals surface area contributed by atoms with E-state index in [4.69, 9.17) is 0 Å². The van der Waals surface area contributed by atoms with E-state index in [0.29, 0.717) is 22.7 Å². The maximum atomic E-state index is 10.0. The third-order valence-electron chi connectivity index (χ3n) is 25.6. The van der Waals surface area contributed by atoms with Crippen molar-refractivity contribution in [3.8, 4) is 78.1 Å². The number of fused-ring (bicyclic) bond motifs is 10. The summed E-state index contributed by atoms with van der Waals surface area (Å²) >= 11 is 0. The fourth-order valence-corrected chi connectivity index (χ4v) is 18.4. The first kappa shape index (κ1) is 64.4. The molecular formula is C118H115BN4. The van der Waals surface area contributed by atoms with Crippen molar-refractivity contribution in [2.75, 3.05) is 9.80 Å². The second kappa shape index (κ2) is 29.1. The highest BCUT2D eigenvalue weighted by atomic mass is 15.2. The van der Waals surface area contributed by atoms with Gasteiger partial charge in [0.05, 0.1) is 54.0 Å². The van der Waals surface area contributed by atoms with Crippen molar-refractivity contribution in [3.05, 3.63) is 354 Å². The quantitative estimate of drug-likeness (QED) is 0.127. The Morgan fingerprint density at radius 3 is 0.805 bits per heavy atom. The molecule has 2 aliphatic heterocycles. The lowest BCUT2D eigenvalue weighted by Crippen LogP contribution is -2.61. The molecule has 123 heavy (non-hydrogen) atoms. The van der Waals surface area contributed by atoms with Crippen molar-refractivity contribution in [1.82, 2.24) is 9.13 Å². The van der Waals surface area contributed by atoms with E-state index in [1.54, 1.807) is 9.13 Å². The number of anilines is 6. The summed E-state index contributed by atoms with van der Waals surface area (Å²) in [6, 6.07) is 74.5. The molecule has 19 rings (SSSR count). The minimum absolute atomic E-state index is 0.0356. The Morgan fingerprint density at radius 1 is 0.211 bits per heavy atom. The predicted octanol–water partition coefficient (Wildman–Crippen LogP) is 31.0. The van der Waals surface area contributed by atoms with E-state index in [0.717, 1.165) is 123 Å². The van der Waals surface area contributed by atoms with Crippen molar-refractivity contribution >= 4 is 101 Å². The van der Waals surface area contributed by atoms with Crippen LogP contribution in [-0.2, 0) is 37.9 Å². The van der Waals surface area contributed by atoms with Crippen molar-refractivity contribution in [1.29, 1.82) is 0 Å². The standard InChI is InChI=1S/C118H115BN4/c1-112(2,3)84-46-38-74(39-47-84)78-62-79(75-40-48-85(49-41-75)113(4,5)6)65-82(64-78)97-68-88(116(13,14)15)54-60-105(97)122-107-72-91(120-101-34-26-22-30-93(101)94-31-23-27-35-102(94)120)56-58-99(107)119-100-59-57-92(121-103-36-28-24-32-95(103)96-33-25-29-37-104(96)121)73-108(100)123(110-71-90(118(19,20)21)70-109(122)111(110)119)106-61-55-89(117(16,17)18)69-98(106)83-66-80(76-42-50-86(51-43-76)114(7,8)9)63-81(67-83)77-44-52-87(53-45-77)115(10,11)12/h22-73H,1-21H3/i22D,23D,24D,25D,26D,27D,28D,29D,30D,31D,32D,33D,34D,35D,36D. The van der Waals surface area contributed by atoms with E-state index in [-0.39, 0.29) is 89.4 Å². The van der Waals surface area contributed by atoms with Gasteiger partial charge in [-0.2, -0.15) is 0 Å². The Bertz CT molecular complexity index is 7790. The van der Waals surface area contributed by atoms with Crippen LogP contribution in [-0.4, -0.2) is 15.8 Å². The molecule has 610 valence electrons. The van der Waals surface area contributed by atoms with Crippen molar-refractivity contribution in [2.45, 2.75) is 183 Å². The highest BCUT2D eigenvalue weighted by Gasteiger charge is 2.46. The lowest BCUT2D eigenvalue weighted by molar-refractivity contribution is 0.590. The zero-order valence-electron chi connectivity index (χ0n) is 89.7. The van der Waals surface area contributed by atoms with E-state index < -0.39 is 89.4 Å². The molecule has 15 aromatic carbocycles. The second-order valence-corrected chi connectivity index (χ2v) is 41.3. The number of benzene rings is 15. The van der Waals surface area contributed by atoms with E-state index >= 15 is 0 Å². The molecule has 2 aromatic heterocycles. The third-order valence-corrected chi connectivity index (χ3v) is 25.6. The largest absolute Gasteiger partial charge is 0.311 e. The van der Waals surface area contributed by atoms with Crippen LogP contribution in [0.1, 0.15) is 205 Å². The molecule has 0 atom stereocenters. The Labute approximate surface area is 751 Å². The molecule has 4 nitrogen and oxygen atoms in total. The van der Waals surface area contributed by atoms with Crippen molar-refractivity contribution < 1.29 is 20.6 Å². The van der Waals surface area contributed by atoms with Gasteiger partial charge in [0.1, 0.15) is 0 Å². The van der Waals surface area contributed by atoms with E-state index in [2.05, 4.69) is 355 Å². The summed E-state index contributed by atoms with van der Waals surface area (Å²) in [7, 11) is 0. The fourth-order valence-electron chi connectivity index (χ4n) is 18.4. The molecule has 0 spiro atoms. The number of hydrogen-bond acceptors (Lipinski definition) is 2. The highest BCUT2D eigenvalue weighted by Crippen LogP contribution is 2.54. The molecule has 0 saturated heterocycles. The summed E-state index contributed by atoms with van der Waals surface area (Å²) in [5.74, 6) is 0. The third kappa shape index (κ3) is 14.3. The molecule has 0 N–H and O–H groups in total. The summed E-state index contributed by atoms with van der Waals surface area (Å²) in [4.78, 5) is 4.75. The van der Waals surface area contributed by atoms with Crippen LogP contribution in [0, 0.1) is 0 Å². The zero-order chi connectivity index (χ0) is 99.1. The van der Waals surface area contributed by atoms with Crippen LogP contribution >= 0.6 is 0 Å². The van der Waals surface area contributed by atoms with Gasteiger partial charge in [-0.25, -0.2) is 0 Å². The molecule has 2 aliphatic rings. The first-order chi connectivity index (χ1) is 64.6. The minimum Gasteiger partial charge on any atom is -0.311 e. The van der Waals surface area contributed by atoms with E-state index in [9.17, 15) is 20.6 Å². The molecule has 0 amide bonds. The van der Waals surface area contributed by atoms with E-state index in [1.165, 1.54) is 28.3 Å². The number of rotatable bonds is 10. The van der Waals surface area contributed by atoms with Crippen molar-refractivity contribution in [3.63, 3.8) is 0 Å². The number of aromatic nitrogens is 2. The average Bonchev–Trinajstić information content (AvgIpc) is 1.60. The molecule has 0 unspecified atom stereocenters. The van der Waals surface area contributed by atoms with Gasteiger partial charge >= 0.3 is 0 Å². The normalized spacial score (nSPS) is 15.1. The SMILES string of the molecule is [2H]c1cc2c(c([2H])c1[2H])c1c([2H])c([2H])c([2H])c([2H])c1n2-c1ccc2c(c1)N(c1ccc(C(C)(C)C)cc1-c1cc(-c3ccc(C(C)(C)C)cc3)cc(-c3ccc(C(C)(C)C)cc3)c1)c1cc(C(C)(C)C)cc3c1B2c1ccc(-n2c4c([2H])c([2H])c([2H])c([2H])c4c4c([2H])c([2H])c([2H])c([2H])c42)cc1N3c1ccc(C(C)(C)C)cc1-c1cc(-c2ccc(C(C)(C)C)cc2)cc(-c2ccc(C(C)(C)C)cc2)c1. The Kier molecular flexibility index (Phi) is 15.2. The van der Waals surface area contributed by atoms with Gasteiger partial charge in [-0.1, -0.05) is 339 Å². The fraction of sp³-hybridized carbons (Fsp3) is 0.237.